The van der Waals surface area contributed by atoms with Crippen LogP contribution in [0, 0.1) is 5.41 Å². The van der Waals surface area contributed by atoms with Crippen LogP contribution in [-0.2, 0) is 4.74 Å². The zero-order valence-corrected chi connectivity index (χ0v) is 12.6. The van der Waals surface area contributed by atoms with Crippen LogP contribution in [-0.4, -0.2) is 51.8 Å². The molecule has 1 saturated carbocycles. The molecule has 3 heteroatoms. The molecule has 0 heterocycles. The molecule has 3 nitrogen and oxygen atoms in total. The smallest absolute Gasteiger partial charge is 0.0474 e. The maximum Gasteiger partial charge on any atom is 0.0474 e. The second kappa shape index (κ2) is 8.89. The van der Waals surface area contributed by atoms with Gasteiger partial charge < -0.3 is 15.0 Å². The van der Waals surface area contributed by atoms with Crippen LogP contribution in [0.25, 0.3) is 0 Å². The number of rotatable bonds is 10. The van der Waals surface area contributed by atoms with E-state index in [9.17, 15) is 0 Å². The number of ether oxygens (including phenoxy) is 1. The first-order valence-corrected chi connectivity index (χ1v) is 7.61. The van der Waals surface area contributed by atoms with E-state index >= 15 is 0 Å². The van der Waals surface area contributed by atoms with Crippen molar-refractivity contribution in [1.29, 1.82) is 0 Å². The molecular formula is C15H32N2O. The van der Waals surface area contributed by atoms with E-state index < -0.39 is 0 Å². The molecule has 0 amide bonds. The number of hydrogen-bond donors (Lipinski definition) is 1. The van der Waals surface area contributed by atoms with Crippen molar-refractivity contribution in [3.63, 3.8) is 0 Å². The Morgan fingerprint density at radius 3 is 2.61 bits per heavy atom. The molecule has 1 N–H and O–H groups in total. The SMILES string of the molecule is CCCNCC1(CN(C)CCCOC)CCCC1. The van der Waals surface area contributed by atoms with E-state index in [0.29, 0.717) is 5.41 Å². The molecule has 108 valence electrons. The number of hydrogen-bond acceptors (Lipinski definition) is 3. The van der Waals surface area contributed by atoms with Gasteiger partial charge in [-0.25, -0.2) is 0 Å². The molecular weight excluding hydrogens is 224 g/mol. The maximum absolute atomic E-state index is 5.13. The topological polar surface area (TPSA) is 24.5 Å². The molecule has 1 aliphatic carbocycles. The lowest BCUT2D eigenvalue weighted by Crippen LogP contribution is -2.41. The molecule has 0 saturated heterocycles. The highest BCUT2D eigenvalue weighted by Crippen LogP contribution is 2.38. The van der Waals surface area contributed by atoms with E-state index in [1.165, 1.54) is 45.2 Å². The molecule has 0 aromatic carbocycles. The summed E-state index contributed by atoms with van der Waals surface area (Å²) in [7, 11) is 4.04. The molecule has 0 radical (unpaired) electrons. The lowest BCUT2D eigenvalue weighted by Gasteiger charge is -2.34. The van der Waals surface area contributed by atoms with Gasteiger partial charge in [0.05, 0.1) is 0 Å². The summed E-state index contributed by atoms with van der Waals surface area (Å²) < 4.78 is 5.13. The van der Waals surface area contributed by atoms with Gasteiger partial charge in [0.2, 0.25) is 0 Å². The van der Waals surface area contributed by atoms with Gasteiger partial charge in [-0.15, -0.1) is 0 Å². The fourth-order valence-electron chi connectivity index (χ4n) is 3.18. The van der Waals surface area contributed by atoms with Crippen LogP contribution in [0.5, 0.6) is 0 Å². The van der Waals surface area contributed by atoms with Crippen molar-refractivity contribution in [1.82, 2.24) is 10.2 Å². The fourth-order valence-corrected chi connectivity index (χ4v) is 3.18. The van der Waals surface area contributed by atoms with Crippen molar-refractivity contribution in [2.75, 3.05) is 46.9 Å². The Bertz CT molecular complexity index is 203. The van der Waals surface area contributed by atoms with Crippen molar-refractivity contribution in [3.05, 3.63) is 0 Å². The summed E-state index contributed by atoms with van der Waals surface area (Å²) in [6.07, 6.45) is 8.02. The fraction of sp³-hybridized carbons (Fsp3) is 1.00. The van der Waals surface area contributed by atoms with Crippen LogP contribution in [0.3, 0.4) is 0 Å². The largest absolute Gasteiger partial charge is 0.385 e. The molecule has 1 fully saturated rings. The summed E-state index contributed by atoms with van der Waals surface area (Å²) in [5.41, 5.74) is 0.539. The first kappa shape index (κ1) is 15.9. The summed E-state index contributed by atoms with van der Waals surface area (Å²) in [6, 6.07) is 0. The molecule has 0 spiro atoms. The lowest BCUT2D eigenvalue weighted by molar-refractivity contribution is 0.146. The Balaban J connectivity index is 2.31. The van der Waals surface area contributed by atoms with Crippen molar-refractivity contribution in [2.45, 2.75) is 45.4 Å². The molecule has 0 aliphatic heterocycles. The maximum atomic E-state index is 5.13. The number of nitrogens with one attached hydrogen (secondary N) is 1. The molecule has 0 atom stereocenters. The van der Waals surface area contributed by atoms with E-state index in [1.807, 2.05) is 0 Å². The Morgan fingerprint density at radius 2 is 2.00 bits per heavy atom. The summed E-state index contributed by atoms with van der Waals surface area (Å²) in [5.74, 6) is 0. The zero-order valence-electron chi connectivity index (χ0n) is 12.6. The molecule has 1 rings (SSSR count). The monoisotopic (exact) mass is 256 g/mol. The van der Waals surface area contributed by atoms with E-state index in [-0.39, 0.29) is 0 Å². The highest BCUT2D eigenvalue weighted by atomic mass is 16.5. The van der Waals surface area contributed by atoms with Crippen LogP contribution in [0.1, 0.15) is 45.4 Å². The van der Waals surface area contributed by atoms with Crippen LogP contribution in [0.4, 0.5) is 0 Å². The van der Waals surface area contributed by atoms with E-state index in [0.717, 1.165) is 26.1 Å². The van der Waals surface area contributed by atoms with E-state index in [2.05, 4.69) is 24.2 Å². The molecule has 0 bridgehead atoms. The van der Waals surface area contributed by atoms with Crippen LogP contribution in [0.2, 0.25) is 0 Å². The van der Waals surface area contributed by atoms with Crippen LogP contribution < -0.4 is 5.32 Å². The Labute approximate surface area is 113 Å². The van der Waals surface area contributed by atoms with Crippen molar-refractivity contribution >= 4 is 0 Å². The standard InChI is InChI=1S/C15H32N2O/c1-4-10-16-13-15(8-5-6-9-15)14-17(2)11-7-12-18-3/h16H,4-14H2,1-3H3. The van der Waals surface area contributed by atoms with Gasteiger partial charge in [-0.05, 0) is 44.7 Å². The molecule has 0 unspecified atom stereocenters. The minimum atomic E-state index is 0.539. The quantitative estimate of drug-likeness (QED) is 0.608. The van der Waals surface area contributed by atoms with Gasteiger partial charge in [-0.1, -0.05) is 19.8 Å². The lowest BCUT2D eigenvalue weighted by atomic mass is 9.85. The zero-order chi connectivity index (χ0) is 13.3. The number of methoxy groups -OCH3 is 1. The van der Waals surface area contributed by atoms with Gasteiger partial charge >= 0.3 is 0 Å². The first-order chi connectivity index (χ1) is 8.72. The van der Waals surface area contributed by atoms with Gasteiger partial charge in [0.15, 0.2) is 0 Å². The summed E-state index contributed by atoms with van der Waals surface area (Å²) in [4.78, 5) is 2.50. The molecule has 18 heavy (non-hydrogen) atoms. The van der Waals surface area contributed by atoms with Gasteiger partial charge in [0.25, 0.3) is 0 Å². The van der Waals surface area contributed by atoms with Gasteiger partial charge in [-0.3, -0.25) is 0 Å². The first-order valence-electron chi connectivity index (χ1n) is 7.61. The molecule has 0 aromatic rings. The predicted molar refractivity (Wildman–Crippen MR) is 78.1 cm³/mol. The Hall–Kier alpha value is -0.120. The molecule has 0 aromatic heterocycles. The highest BCUT2D eigenvalue weighted by Gasteiger charge is 2.34. The Kier molecular flexibility index (Phi) is 7.87. The normalized spacial score (nSPS) is 18.7. The summed E-state index contributed by atoms with van der Waals surface area (Å²) >= 11 is 0. The van der Waals surface area contributed by atoms with Crippen LogP contribution >= 0.6 is 0 Å². The molecule has 1 aliphatic rings. The third-order valence-electron chi connectivity index (χ3n) is 4.08. The number of nitrogens with zero attached hydrogens (tertiary/aromatic N) is 1. The minimum absolute atomic E-state index is 0.539. The van der Waals surface area contributed by atoms with E-state index in [1.54, 1.807) is 7.11 Å². The third kappa shape index (κ3) is 5.68. The summed E-state index contributed by atoms with van der Waals surface area (Å²) in [6.45, 7) is 7.89. The third-order valence-corrected chi connectivity index (χ3v) is 4.08. The van der Waals surface area contributed by atoms with Crippen LogP contribution in [0.15, 0.2) is 0 Å². The van der Waals surface area contributed by atoms with Crippen molar-refractivity contribution < 1.29 is 4.74 Å². The average Bonchev–Trinajstić information content (AvgIpc) is 2.78. The minimum Gasteiger partial charge on any atom is -0.385 e. The van der Waals surface area contributed by atoms with Crippen molar-refractivity contribution in [2.24, 2.45) is 5.41 Å². The second-order valence-electron chi connectivity index (χ2n) is 5.97. The van der Waals surface area contributed by atoms with E-state index in [4.69, 9.17) is 4.74 Å². The van der Waals surface area contributed by atoms with Gasteiger partial charge in [0, 0.05) is 33.4 Å². The Morgan fingerprint density at radius 1 is 1.28 bits per heavy atom. The van der Waals surface area contributed by atoms with Gasteiger partial charge in [-0.2, -0.15) is 0 Å². The predicted octanol–water partition coefficient (Wildman–Crippen LogP) is 2.51. The summed E-state index contributed by atoms with van der Waals surface area (Å²) in [5, 5.41) is 3.64. The van der Waals surface area contributed by atoms with Crippen molar-refractivity contribution in [3.8, 4) is 0 Å². The highest BCUT2D eigenvalue weighted by molar-refractivity contribution is 4.88. The van der Waals surface area contributed by atoms with Gasteiger partial charge in [0.1, 0.15) is 0 Å². The average molecular weight is 256 g/mol. The second-order valence-corrected chi connectivity index (χ2v) is 5.97.